The molecule has 1 aromatic carbocycles. The van der Waals surface area contributed by atoms with Crippen LogP contribution in [0.4, 0.5) is 0 Å². The van der Waals surface area contributed by atoms with Gasteiger partial charge in [-0.15, -0.1) is 24.0 Å². The van der Waals surface area contributed by atoms with E-state index in [-0.39, 0.29) is 24.0 Å². The molecule has 0 aliphatic heterocycles. The third-order valence-electron chi connectivity index (χ3n) is 4.29. The van der Waals surface area contributed by atoms with Crippen molar-refractivity contribution in [3.63, 3.8) is 0 Å². The van der Waals surface area contributed by atoms with Crippen LogP contribution in [0.25, 0.3) is 0 Å². The lowest BCUT2D eigenvalue weighted by atomic mass is 10.2. The van der Waals surface area contributed by atoms with Gasteiger partial charge >= 0.3 is 0 Å². The highest BCUT2D eigenvalue weighted by atomic mass is 127. The van der Waals surface area contributed by atoms with Gasteiger partial charge in [-0.1, -0.05) is 25.5 Å². The topological polar surface area (TPSA) is 63.5 Å². The summed E-state index contributed by atoms with van der Waals surface area (Å²) in [6, 6.07) is 10.3. The molecule has 1 aromatic heterocycles. The molecule has 0 amide bonds. The molecule has 0 fully saturated rings. The van der Waals surface area contributed by atoms with Crippen LogP contribution in [0.2, 0.25) is 0 Å². The van der Waals surface area contributed by atoms with E-state index in [2.05, 4.69) is 57.5 Å². The van der Waals surface area contributed by atoms with Crippen molar-refractivity contribution in [1.29, 1.82) is 0 Å². The number of aromatic nitrogens is 2. The molecule has 0 saturated carbocycles. The minimum atomic E-state index is 0. The lowest BCUT2D eigenvalue weighted by Gasteiger charge is -2.13. The predicted molar refractivity (Wildman–Crippen MR) is 127 cm³/mol. The van der Waals surface area contributed by atoms with Gasteiger partial charge in [0.1, 0.15) is 5.75 Å². The van der Waals surface area contributed by atoms with Gasteiger partial charge in [-0.05, 0) is 50.5 Å². The molecule has 0 atom stereocenters. The maximum Gasteiger partial charge on any atom is 0.191 e. The summed E-state index contributed by atoms with van der Waals surface area (Å²) < 4.78 is 7.82. The lowest BCUT2D eigenvalue weighted by Crippen LogP contribution is -2.37. The molecule has 0 radical (unpaired) electrons. The summed E-state index contributed by atoms with van der Waals surface area (Å²) in [5.41, 5.74) is 3.45. The van der Waals surface area contributed by atoms with E-state index in [0.29, 0.717) is 6.54 Å². The first kappa shape index (κ1) is 24.3. The number of rotatable bonds is 10. The number of benzene rings is 1. The first-order valence-electron chi connectivity index (χ1n) is 9.79. The molecule has 2 aromatic rings. The van der Waals surface area contributed by atoms with Gasteiger partial charge in [-0.3, -0.25) is 9.67 Å². The van der Waals surface area contributed by atoms with Crippen LogP contribution in [0, 0.1) is 13.8 Å². The quantitative estimate of drug-likeness (QED) is 0.224. The summed E-state index contributed by atoms with van der Waals surface area (Å²) in [5, 5.41) is 11.2. The molecule has 7 heteroatoms. The molecule has 0 unspecified atom stereocenters. The highest BCUT2D eigenvalue weighted by Crippen LogP contribution is 2.13. The summed E-state index contributed by atoms with van der Waals surface area (Å²) in [6.45, 7) is 9.51. The number of unbranched alkanes of at least 4 members (excludes halogenated alkanes) is 1. The molecule has 1 heterocycles. The SMILES string of the molecule is CCCCOc1cccc(CNC(=NC)NCCCn2nc(C)cc2C)c1.I. The highest BCUT2D eigenvalue weighted by molar-refractivity contribution is 14.0. The van der Waals surface area contributed by atoms with Gasteiger partial charge < -0.3 is 15.4 Å². The van der Waals surface area contributed by atoms with Crippen LogP contribution < -0.4 is 15.4 Å². The second-order valence-corrected chi connectivity index (χ2v) is 6.71. The van der Waals surface area contributed by atoms with Gasteiger partial charge in [-0.25, -0.2) is 0 Å². The van der Waals surface area contributed by atoms with E-state index >= 15 is 0 Å². The zero-order chi connectivity index (χ0) is 19.5. The number of ether oxygens (including phenoxy) is 1. The highest BCUT2D eigenvalue weighted by Gasteiger charge is 2.02. The third kappa shape index (κ3) is 8.50. The Kier molecular flexibility index (Phi) is 11.6. The van der Waals surface area contributed by atoms with Crippen LogP contribution in [0.5, 0.6) is 5.75 Å². The number of nitrogens with zero attached hydrogens (tertiary/aromatic N) is 3. The first-order valence-corrected chi connectivity index (χ1v) is 9.79. The molecule has 0 saturated heterocycles. The fraction of sp³-hybridized carbons (Fsp3) is 0.524. The number of aryl methyl sites for hydroxylation is 3. The van der Waals surface area contributed by atoms with Gasteiger partial charge in [0.15, 0.2) is 5.96 Å². The van der Waals surface area contributed by atoms with E-state index < -0.39 is 0 Å². The van der Waals surface area contributed by atoms with Crippen LogP contribution >= 0.6 is 24.0 Å². The second-order valence-electron chi connectivity index (χ2n) is 6.71. The Hall–Kier alpha value is -1.77. The molecule has 0 bridgehead atoms. The maximum absolute atomic E-state index is 5.77. The minimum absolute atomic E-state index is 0. The van der Waals surface area contributed by atoms with Crippen molar-refractivity contribution in [2.75, 3.05) is 20.2 Å². The molecule has 2 N–H and O–H groups in total. The largest absolute Gasteiger partial charge is 0.494 e. The average molecular weight is 499 g/mol. The van der Waals surface area contributed by atoms with E-state index in [1.807, 2.05) is 19.1 Å². The van der Waals surface area contributed by atoms with Crippen molar-refractivity contribution in [2.45, 2.75) is 53.1 Å². The second kappa shape index (κ2) is 13.4. The predicted octanol–water partition coefficient (Wildman–Crippen LogP) is 4.05. The number of halogens is 1. The molecule has 28 heavy (non-hydrogen) atoms. The number of hydrogen-bond donors (Lipinski definition) is 2. The Bertz CT molecular complexity index is 729. The zero-order valence-electron chi connectivity index (χ0n) is 17.5. The molecule has 0 aliphatic carbocycles. The van der Waals surface area contributed by atoms with Gasteiger partial charge in [0.2, 0.25) is 0 Å². The Balaban J connectivity index is 0.00000392. The van der Waals surface area contributed by atoms with Gasteiger partial charge in [0, 0.05) is 32.4 Å². The summed E-state index contributed by atoms with van der Waals surface area (Å²) in [5.74, 6) is 1.73. The lowest BCUT2D eigenvalue weighted by molar-refractivity contribution is 0.309. The van der Waals surface area contributed by atoms with Crippen LogP contribution in [0.3, 0.4) is 0 Å². The number of hydrogen-bond acceptors (Lipinski definition) is 3. The molecular formula is C21H34IN5O. The molecule has 156 valence electrons. The fourth-order valence-electron chi connectivity index (χ4n) is 2.82. The van der Waals surface area contributed by atoms with Crippen LogP contribution in [0.15, 0.2) is 35.3 Å². The van der Waals surface area contributed by atoms with E-state index in [4.69, 9.17) is 4.74 Å². The number of nitrogens with one attached hydrogen (secondary N) is 2. The molecule has 0 spiro atoms. The van der Waals surface area contributed by atoms with Gasteiger partial charge in [-0.2, -0.15) is 5.10 Å². The van der Waals surface area contributed by atoms with Crippen molar-refractivity contribution in [2.24, 2.45) is 4.99 Å². The Morgan fingerprint density at radius 1 is 1.18 bits per heavy atom. The molecule has 2 rings (SSSR count). The Morgan fingerprint density at radius 2 is 2.00 bits per heavy atom. The van der Waals surface area contributed by atoms with E-state index in [0.717, 1.165) is 56.4 Å². The minimum Gasteiger partial charge on any atom is -0.494 e. The summed E-state index contributed by atoms with van der Waals surface area (Å²) in [4.78, 5) is 4.29. The number of aliphatic imine (C=N–C) groups is 1. The normalized spacial score (nSPS) is 11.1. The van der Waals surface area contributed by atoms with Gasteiger partial charge in [0.05, 0.1) is 12.3 Å². The summed E-state index contributed by atoms with van der Waals surface area (Å²) in [7, 11) is 1.79. The Morgan fingerprint density at radius 3 is 2.68 bits per heavy atom. The number of guanidine groups is 1. The molecule has 0 aliphatic rings. The van der Waals surface area contributed by atoms with Crippen molar-refractivity contribution in [1.82, 2.24) is 20.4 Å². The Labute approximate surface area is 186 Å². The van der Waals surface area contributed by atoms with Crippen molar-refractivity contribution in [3.8, 4) is 5.75 Å². The molecule has 6 nitrogen and oxygen atoms in total. The van der Waals surface area contributed by atoms with Crippen molar-refractivity contribution < 1.29 is 4.74 Å². The van der Waals surface area contributed by atoms with Crippen LogP contribution in [-0.2, 0) is 13.1 Å². The van der Waals surface area contributed by atoms with E-state index in [1.54, 1.807) is 7.05 Å². The smallest absolute Gasteiger partial charge is 0.191 e. The maximum atomic E-state index is 5.77. The van der Waals surface area contributed by atoms with E-state index in [9.17, 15) is 0 Å². The summed E-state index contributed by atoms with van der Waals surface area (Å²) >= 11 is 0. The van der Waals surface area contributed by atoms with Crippen molar-refractivity contribution in [3.05, 3.63) is 47.3 Å². The zero-order valence-corrected chi connectivity index (χ0v) is 19.8. The van der Waals surface area contributed by atoms with Gasteiger partial charge in [0.25, 0.3) is 0 Å². The van der Waals surface area contributed by atoms with Crippen LogP contribution in [-0.4, -0.2) is 35.9 Å². The van der Waals surface area contributed by atoms with Crippen molar-refractivity contribution >= 4 is 29.9 Å². The molecular weight excluding hydrogens is 465 g/mol. The van der Waals surface area contributed by atoms with E-state index in [1.165, 1.54) is 11.3 Å². The first-order chi connectivity index (χ1) is 13.1. The monoisotopic (exact) mass is 499 g/mol. The van der Waals surface area contributed by atoms with Crippen LogP contribution in [0.1, 0.15) is 43.1 Å². The average Bonchev–Trinajstić information content (AvgIpc) is 2.99. The standard InChI is InChI=1S/C21H33N5O.HI/c1-5-6-13-27-20-10-7-9-19(15-20)16-24-21(22-4)23-11-8-12-26-18(3)14-17(2)25-26;/h7,9-10,14-15H,5-6,8,11-13,16H2,1-4H3,(H2,22,23,24);1H. The third-order valence-corrected chi connectivity index (χ3v) is 4.29. The summed E-state index contributed by atoms with van der Waals surface area (Å²) in [6.07, 6.45) is 3.21. The fourth-order valence-corrected chi connectivity index (χ4v) is 2.82.